The summed E-state index contributed by atoms with van der Waals surface area (Å²) >= 11 is 1.38. The van der Waals surface area contributed by atoms with E-state index in [2.05, 4.69) is 29.3 Å². The van der Waals surface area contributed by atoms with Crippen LogP contribution in [-0.2, 0) is 0 Å². The van der Waals surface area contributed by atoms with E-state index in [0.29, 0.717) is 5.01 Å². The van der Waals surface area contributed by atoms with Crippen molar-refractivity contribution in [3.05, 3.63) is 52.9 Å². The largest absolute Gasteiger partial charge is 0.226 e. The second-order valence-electron chi connectivity index (χ2n) is 3.68. The first-order valence-corrected chi connectivity index (χ1v) is 6.10. The molecule has 0 aliphatic rings. The number of rotatable bonds is 1. The summed E-state index contributed by atoms with van der Waals surface area (Å²) < 4.78 is 0. The Kier molecular flexibility index (Phi) is 2.36. The third kappa shape index (κ3) is 1.69. The summed E-state index contributed by atoms with van der Waals surface area (Å²) in [6.07, 6.45) is 0. The number of fused-ring (bicyclic) bond motifs is 1. The molecule has 0 bridgehead atoms. The minimum Gasteiger partial charge on any atom is -0.226 e. The predicted octanol–water partition coefficient (Wildman–Crippen LogP) is 3.83. The number of aromatic nitrogens is 1. The van der Waals surface area contributed by atoms with Gasteiger partial charge in [-0.2, -0.15) is 5.26 Å². The topological polar surface area (TPSA) is 36.7 Å². The maximum Gasteiger partial charge on any atom is 0.194 e. The quantitative estimate of drug-likeness (QED) is 0.643. The van der Waals surface area contributed by atoms with E-state index in [9.17, 15) is 0 Å². The molecule has 0 radical (unpaired) electrons. The summed E-state index contributed by atoms with van der Waals surface area (Å²) in [5.74, 6) is 0. The molecule has 0 atom stereocenters. The lowest BCUT2D eigenvalue weighted by Crippen LogP contribution is -1.81. The molecular weight excluding hydrogens is 228 g/mol. The molecule has 0 aliphatic carbocycles. The fourth-order valence-corrected chi connectivity index (χ4v) is 2.50. The summed E-state index contributed by atoms with van der Waals surface area (Å²) in [5, 5.41) is 13.6. The van der Waals surface area contributed by atoms with Crippen molar-refractivity contribution in [2.75, 3.05) is 0 Å². The van der Waals surface area contributed by atoms with E-state index in [1.165, 1.54) is 22.1 Å². The molecule has 0 saturated heterocycles. The van der Waals surface area contributed by atoms with Crippen molar-refractivity contribution in [1.29, 1.82) is 5.26 Å². The lowest BCUT2D eigenvalue weighted by Gasteiger charge is -2.02. The molecule has 80 valence electrons. The number of hydrogen-bond acceptors (Lipinski definition) is 3. The molecule has 2 aromatic carbocycles. The van der Waals surface area contributed by atoms with Gasteiger partial charge in [-0.05, 0) is 10.8 Å². The zero-order valence-corrected chi connectivity index (χ0v) is 9.74. The first kappa shape index (κ1) is 10.0. The number of thiazole rings is 1. The van der Waals surface area contributed by atoms with Crippen LogP contribution >= 0.6 is 11.3 Å². The maximum absolute atomic E-state index is 8.81. The van der Waals surface area contributed by atoms with Crippen molar-refractivity contribution < 1.29 is 0 Å². The van der Waals surface area contributed by atoms with Crippen molar-refractivity contribution in [1.82, 2.24) is 4.98 Å². The van der Waals surface area contributed by atoms with Crippen molar-refractivity contribution in [2.24, 2.45) is 0 Å². The highest BCUT2D eigenvalue weighted by molar-refractivity contribution is 7.10. The SMILES string of the molecule is N#Cc1nc(-c2cccc3ccccc23)cs1. The van der Waals surface area contributed by atoms with Gasteiger partial charge >= 0.3 is 0 Å². The predicted molar refractivity (Wildman–Crippen MR) is 69.8 cm³/mol. The fraction of sp³-hybridized carbons (Fsp3) is 0. The van der Waals surface area contributed by atoms with Crippen LogP contribution < -0.4 is 0 Å². The highest BCUT2D eigenvalue weighted by atomic mass is 32.1. The van der Waals surface area contributed by atoms with Gasteiger partial charge in [0.05, 0.1) is 5.69 Å². The Balaban J connectivity index is 2.27. The van der Waals surface area contributed by atoms with Crippen LogP contribution in [0.4, 0.5) is 0 Å². The first-order chi connectivity index (χ1) is 8.38. The first-order valence-electron chi connectivity index (χ1n) is 5.22. The van der Waals surface area contributed by atoms with E-state index in [1.807, 2.05) is 29.6 Å². The average molecular weight is 236 g/mol. The monoisotopic (exact) mass is 236 g/mol. The van der Waals surface area contributed by atoms with Crippen LogP contribution in [0.1, 0.15) is 5.01 Å². The Morgan fingerprint density at radius 1 is 1.06 bits per heavy atom. The van der Waals surface area contributed by atoms with Gasteiger partial charge in [-0.1, -0.05) is 42.5 Å². The summed E-state index contributed by atoms with van der Waals surface area (Å²) in [6.45, 7) is 0. The van der Waals surface area contributed by atoms with Crippen molar-refractivity contribution >= 4 is 22.1 Å². The summed E-state index contributed by atoms with van der Waals surface area (Å²) in [5.41, 5.74) is 1.96. The van der Waals surface area contributed by atoms with Gasteiger partial charge in [0.25, 0.3) is 0 Å². The molecule has 3 rings (SSSR count). The summed E-state index contributed by atoms with van der Waals surface area (Å²) in [4.78, 5) is 4.31. The molecule has 3 aromatic rings. The van der Waals surface area contributed by atoms with E-state index in [-0.39, 0.29) is 0 Å². The van der Waals surface area contributed by atoms with Crippen LogP contribution in [0.5, 0.6) is 0 Å². The zero-order valence-electron chi connectivity index (χ0n) is 8.92. The highest BCUT2D eigenvalue weighted by Gasteiger charge is 2.07. The molecule has 0 unspecified atom stereocenters. The Morgan fingerprint density at radius 3 is 2.71 bits per heavy atom. The van der Waals surface area contributed by atoms with Gasteiger partial charge in [0.2, 0.25) is 0 Å². The number of benzene rings is 2. The summed E-state index contributed by atoms with van der Waals surface area (Å²) in [6, 6.07) is 16.4. The average Bonchev–Trinajstić information content (AvgIpc) is 2.87. The Hall–Kier alpha value is -2.18. The van der Waals surface area contributed by atoms with Gasteiger partial charge in [0.15, 0.2) is 5.01 Å². The van der Waals surface area contributed by atoms with E-state index >= 15 is 0 Å². The van der Waals surface area contributed by atoms with Crippen molar-refractivity contribution in [3.63, 3.8) is 0 Å². The van der Waals surface area contributed by atoms with E-state index < -0.39 is 0 Å². The molecule has 1 heterocycles. The van der Waals surface area contributed by atoms with Crippen molar-refractivity contribution in [3.8, 4) is 17.3 Å². The normalized spacial score (nSPS) is 10.3. The Morgan fingerprint density at radius 2 is 1.88 bits per heavy atom. The second kappa shape index (κ2) is 4.00. The van der Waals surface area contributed by atoms with Gasteiger partial charge in [-0.3, -0.25) is 0 Å². The molecule has 0 N–H and O–H groups in total. The third-order valence-electron chi connectivity index (χ3n) is 2.67. The fourth-order valence-electron chi connectivity index (χ4n) is 1.90. The minimum atomic E-state index is 0.507. The van der Waals surface area contributed by atoms with Crippen LogP contribution in [0.25, 0.3) is 22.0 Å². The van der Waals surface area contributed by atoms with Crippen LogP contribution in [0, 0.1) is 11.3 Å². The third-order valence-corrected chi connectivity index (χ3v) is 3.41. The Bertz CT molecular complexity index is 717. The van der Waals surface area contributed by atoms with Gasteiger partial charge < -0.3 is 0 Å². The molecule has 0 saturated carbocycles. The molecule has 2 nitrogen and oxygen atoms in total. The van der Waals surface area contributed by atoms with Gasteiger partial charge in [-0.15, -0.1) is 11.3 Å². The second-order valence-corrected chi connectivity index (χ2v) is 4.53. The van der Waals surface area contributed by atoms with E-state index in [1.54, 1.807) is 0 Å². The Labute approximate surface area is 103 Å². The number of nitriles is 1. The van der Waals surface area contributed by atoms with Crippen LogP contribution in [0.3, 0.4) is 0 Å². The molecule has 17 heavy (non-hydrogen) atoms. The van der Waals surface area contributed by atoms with Gasteiger partial charge in [-0.25, -0.2) is 4.98 Å². The molecule has 0 aliphatic heterocycles. The van der Waals surface area contributed by atoms with E-state index in [4.69, 9.17) is 5.26 Å². The molecule has 1 aromatic heterocycles. The van der Waals surface area contributed by atoms with Crippen molar-refractivity contribution in [2.45, 2.75) is 0 Å². The molecular formula is C14H8N2S. The highest BCUT2D eigenvalue weighted by Crippen LogP contribution is 2.29. The molecule has 3 heteroatoms. The van der Waals surface area contributed by atoms with Crippen LogP contribution in [0.15, 0.2) is 47.8 Å². The molecule has 0 amide bonds. The smallest absolute Gasteiger partial charge is 0.194 e. The lowest BCUT2D eigenvalue weighted by molar-refractivity contribution is 1.35. The lowest BCUT2D eigenvalue weighted by atomic mass is 10.0. The zero-order chi connectivity index (χ0) is 11.7. The maximum atomic E-state index is 8.81. The molecule has 0 fully saturated rings. The molecule has 0 spiro atoms. The minimum absolute atomic E-state index is 0.507. The number of nitrogens with zero attached hydrogens (tertiary/aromatic N) is 2. The summed E-state index contributed by atoms with van der Waals surface area (Å²) in [7, 11) is 0. The van der Waals surface area contributed by atoms with Crippen LogP contribution in [0.2, 0.25) is 0 Å². The van der Waals surface area contributed by atoms with Crippen LogP contribution in [-0.4, -0.2) is 4.98 Å². The van der Waals surface area contributed by atoms with Gasteiger partial charge in [0, 0.05) is 10.9 Å². The van der Waals surface area contributed by atoms with Gasteiger partial charge in [0.1, 0.15) is 6.07 Å². The number of hydrogen-bond donors (Lipinski definition) is 0. The van der Waals surface area contributed by atoms with E-state index in [0.717, 1.165) is 11.3 Å². The standard InChI is InChI=1S/C14H8N2S/c15-8-14-16-13(9-17-14)12-7-3-5-10-4-1-2-6-11(10)12/h1-7,9H.